The Morgan fingerprint density at radius 1 is 1.19 bits per heavy atom. The second-order valence-corrected chi connectivity index (χ2v) is 7.33. The van der Waals surface area contributed by atoms with Crippen molar-refractivity contribution in [3.63, 3.8) is 0 Å². The van der Waals surface area contributed by atoms with Gasteiger partial charge in [-0.1, -0.05) is 30.3 Å². The number of aliphatic hydroxyl groups is 2. The molecule has 0 spiro atoms. The summed E-state index contributed by atoms with van der Waals surface area (Å²) in [4.78, 5) is 27.1. The van der Waals surface area contributed by atoms with Crippen LogP contribution in [0.25, 0.3) is 5.76 Å². The number of hydrogen-bond acceptors (Lipinski definition) is 6. The molecular weight excluding hydrogens is 398 g/mol. The fourth-order valence-corrected chi connectivity index (χ4v) is 3.53. The minimum absolute atomic E-state index is 0.0971. The fraction of sp³-hybridized carbons (Fsp3) is 0.304. The number of benzene rings is 2. The number of likely N-dealkylation sites (tertiary alicyclic amines) is 1. The van der Waals surface area contributed by atoms with Crippen LogP contribution in [0.15, 0.2) is 54.7 Å². The van der Waals surface area contributed by atoms with Crippen molar-refractivity contribution in [3.05, 3.63) is 71.4 Å². The molecule has 8 nitrogen and oxygen atoms in total. The number of amides is 2. The van der Waals surface area contributed by atoms with Crippen molar-refractivity contribution in [1.82, 2.24) is 15.5 Å². The Hall–Kier alpha value is -3.52. The van der Waals surface area contributed by atoms with Crippen molar-refractivity contribution in [2.24, 2.45) is 0 Å². The number of aliphatic hydroxyl groups excluding tert-OH is 2. The molecule has 2 atom stereocenters. The number of carbonyl (C=O) groups excluding carboxylic acids is 2. The van der Waals surface area contributed by atoms with E-state index in [1.54, 1.807) is 55.6 Å². The SMILES string of the molecule is CN/C=C(\O)c1ccc(CNC(=O)[C@@H]2C[C@@H](O)CN2C(=O)c2cccc(OC)c2)cc1. The highest BCUT2D eigenvalue weighted by Crippen LogP contribution is 2.23. The molecule has 0 aliphatic carbocycles. The third-order valence-corrected chi connectivity index (χ3v) is 5.16. The summed E-state index contributed by atoms with van der Waals surface area (Å²) in [5.74, 6) is 0.0110. The molecule has 0 aromatic heterocycles. The highest BCUT2D eigenvalue weighted by molar-refractivity contribution is 5.98. The van der Waals surface area contributed by atoms with Crippen LogP contribution in [0, 0.1) is 0 Å². The van der Waals surface area contributed by atoms with Crippen molar-refractivity contribution in [2.45, 2.75) is 25.1 Å². The van der Waals surface area contributed by atoms with Crippen LogP contribution < -0.4 is 15.4 Å². The van der Waals surface area contributed by atoms with Gasteiger partial charge in [0, 0.05) is 43.9 Å². The molecule has 0 bridgehead atoms. The van der Waals surface area contributed by atoms with Gasteiger partial charge >= 0.3 is 0 Å². The van der Waals surface area contributed by atoms with E-state index in [2.05, 4.69) is 10.6 Å². The molecule has 1 saturated heterocycles. The average molecular weight is 425 g/mol. The number of β-amino-alcohol motifs (C(OH)–C–C–N with tert-alkyl or cyclic N) is 1. The molecule has 0 saturated carbocycles. The molecule has 4 N–H and O–H groups in total. The molecule has 0 radical (unpaired) electrons. The van der Waals surface area contributed by atoms with E-state index in [1.807, 2.05) is 0 Å². The second kappa shape index (κ2) is 9.99. The Morgan fingerprint density at radius 2 is 1.94 bits per heavy atom. The van der Waals surface area contributed by atoms with Crippen molar-refractivity contribution >= 4 is 17.6 Å². The van der Waals surface area contributed by atoms with Gasteiger partial charge in [-0.3, -0.25) is 9.59 Å². The van der Waals surface area contributed by atoms with E-state index in [9.17, 15) is 19.8 Å². The van der Waals surface area contributed by atoms with Crippen molar-refractivity contribution < 1.29 is 24.5 Å². The van der Waals surface area contributed by atoms with E-state index in [0.717, 1.165) is 5.56 Å². The molecular formula is C23H27N3O5. The lowest BCUT2D eigenvalue weighted by atomic mass is 10.1. The molecule has 3 rings (SSSR count). The lowest BCUT2D eigenvalue weighted by Gasteiger charge is -2.24. The Kier molecular flexibility index (Phi) is 7.15. The fourth-order valence-electron chi connectivity index (χ4n) is 3.53. The maximum absolute atomic E-state index is 12.9. The Balaban J connectivity index is 1.65. The molecule has 2 aromatic rings. The first kappa shape index (κ1) is 22.2. The van der Waals surface area contributed by atoms with Gasteiger partial charge in [0.25, 0.3) is 5.91 Å². The predicted octanol–water partition coefficient (Wildman–Crippen LogP) is 1.66. The summed E-state index contributed by atoms with van der Waals surface area (Å²) in [6.07, 6.45) is 0.908. The molecule has 31 heavy (non-hydrogen) atoms. The van der Waals surface area contributed by atoms with Crippen LogP contribution >= 0.6 is 0 Å². The van der Waals surface area contributed by atoms with Gasteiger partial charge in [-0.15, -0.1) is 0 Å². The van der Waals surface area contributed by atoms with Crippen LogP contribution in [0.1, 0.15) is 27.9 Å². The Morgan fingerprint density at radius 3 is 2.61 bits per heavy atom. The Labute approximate surface area is 181 Å². The van der Waals surface area contributed by atoms with Gasteiger partial charge < -0.3 is 30.5 Å². The molecule has 164 valence electrons. The summed E-state index contributed by atoms with van der Waals surface area (Å²) in [6.45, 7) is 0.364. The van der Waals surface area contributed by atoms with Gasteiger partial charge in [0.15, 0.2) is 0 Å². The van der Waals surface area contributed by atoms with Crippen molar-refractivity contribution in [3.8, 4) is 5.75 Å². The van der Waals surface area contributed by atoms with Crippen LogP contribution in [-0.2, 0) is 11.3 Å². The summed E-state index contributed by atoms with van der Waals surface area (Å²) in [5.41, 5.74) is 1.90. The van der Waals surface area contributed by atoms with Gasteiger partial charge in [-0.2, -0.15) is 0 Å². The van der Waals surface area contributed by atoms with Gasteiger partial charge in [-0.25, -0.2) is 0 Å². The van der Waals surface area contributed by atoms with Crippen LogP contribution in [0.5, 0.6) is 5.75 Å². The molecule has 2 aromatic carbocycles. The van der Waals surface area contributed by atoms with Gasteiger partial charge in [0.1, 0.15) is 17.6 Å². The number of nitrogens with one attached hydrogen (secondary N) is 2. The van der Waals surface area contributed by atoms with Crippen LogP contribution in [0.2, 0.25) is 0 Å². The van der Waals surface area contributed by atoms with Gasteiger partial charge in [0.2, 0.25) is 5.91 Å². The number of ether oxygens (including phenoxy) is 1. The zero-order chi connectivity index (χ0) is 22.4. The zero-order valence-corrected chi connectivity index (χ0v) is 17.5. The van der Waals surface area contributed by atoms with Gasteiger partial charge in [-0.05, 0) is 23.8 Å². The predicted molar refractivity (Wildman–Crippen MR) is 116 cm³/mol. The monoisotopic (exact) mass is 425 g/mol. The van der Waals surface area contributed by atoms with E-state index in [1.165, 1.54) is 18.2 Å². The molecule has 1 heterocycles. The molecule has 0 unspecified atom stereocenters. The largest absolute Gasteiger partial charge is 0.506 e. The molecule has 1 aliphatic rings. The van der Waals surface area contributed by atoms with Crippen LogP contribution in [0.4, 0.5) is 0 Å². The minimum Gasteiger partial charge on any atom is -0.506 e. The summed E-state index contributed by atoms with van der Waals surface area (Å²) in [6, 6.07) is 13.1. The second-order valence-electron chi connectivity index (χ2n) is 7.33. The van der Waals surface area contributed by atoms with Crippen LogP contribution in [-0.4, -0.2) is 59.8 Å². The average Bonchev–Trinajstić information content (AvgIpc) is 3.19. The van der Waals surface area contributed by atoms with E-state index in [0.29, 0.717) is 16.9 Å². The standard InChI is InChI=1S/C23H27N3O5/c1-24-13-21(28)16-8-6-15(7-9-16)12-25-22(29)20-11-18(27)14-26(20)23(30)17-4-3-5-19(10-17)31-2/h3-10,13,18,20,24,27-28H,11-12,14H2,1-2H3,(H,25,29)/b21-13-/t18-,20+/m1/s1. The first-order valence-corrected chi connectivity index (χ1v) is 9.99. The topological polar surface area (TPSA) is 111 Å². The third kappa shape index (κ3) is 5.35. The molecule has 8 heteroatoms. The first-order chi connectivity index (χ1) is 14.9. The quantitative estimate of drug-likeness (QED) is 0.502. The number of carbonyl (C=O) groups is 2. The van der Waals surface area contributed by atoms with Crippen molar-refractivity contribution in [1.29, 1.82) is 0 Å². The molecule has 2 amide bonds. The number of methoxy groups -OCH3 is 1. The summed E-state index contributed by atoms with van der Waals surface area (Å²) in [5, 5.41) is 25.6. The summed E-state index contributed by atoms with van der Waals surface area (Å²) < 4.78 is 5.17. The molecule has 1 fully saturated rings. The Bertz CT molecular complexity index is 958. The number of hydrogen-bond donors (Lipinski definition) is 4. The van der Waals surface area contributed by atoms with E-state index < -0.39 is 12.1 Å². The van der Waals surface area contributed by atoms with Crippen LogP contribution in [0.3, 0.4) is 0 Å². The highest BCUT2D eigenvalue weighted by Gasteiger charge is 2.39. The van der Waals surface area contributed by atoms with E-state index >= 15 is 0 Å². The minimum atomic E-state index is -0.758. The highest BCUT2D eigenvalue weighted by atomic mass is 16.5. The zero-order valence-electron chi connectivity index (χ0n) is 17.5. The van der Waals surface area contributed by atoms with Gasteiger partial charge in [0.05, 0.1) is 13.2 Å². The smallest absolute Gasteiger partial charge is 0.254 e. The van der Waals surface area contributed by atoms with Crippen molar-refractivity contribution in [2.75, 3.05) is 20.7 Å². The lowest BCUT2D eigenvalue weighted by molar-refractivity contribution is -0.125. The lowest BCUT2D eigenvalue weighted by Crippen LogP contribution is -2.45. The molecule has 1 aliphatic heterocycles. The third-order valence-electron chi connectivity index (χ3n) is 5.16. The number of rotatable bonds is 7. The maximum atomic E-state index is 12.9. The summed E-state index contributed by atoms with van der Waals surface area (Å²) >= 11 is 0. The first-order valence-electron chi connectivity index (χ1n) is 9.99. The normalized spacial score (nSPS) is 18.5. The van der Waals surface area contributed by atoms with E-state index in [-0.39, 0.29) is 37.1 Å². The maximum Gasteiger partial charge on any atom is 0.254 e. The van der Waals surface area contributed by atoms with E-state index in [4.69, 9.17) is 4.74 Å². The number of nitrogens with zero attached hydrogens (tertiary/aromatic N) is 1. The summed E-state index contributed by atoms with van der Waals surface area (Å²) in [7, 11) is 3.22.